The Hall–Kier alpha value is -2.45. The third-order valence-corrected chi connectivity index (χ3v) is 5.86. The zero-order valence-corrected chi connectivity index (χ0v) is 16.4. The Morgan fingerprint density at radius 2 is 1.67 bits per heavy atom. The molecular weight excluding hydrogens is 370 g/mol. The lowest BCUT2D eigenvalue weighted by molar-refractivity contribution is 0.174. The van der Waals surface area contributed by atoms with E-state index < -0.39 is 10.0 Å². The van der Waals surface area contributed by atoms with E-state index in [1.165, 1.54) is 23.5 Å². The number of hydrogen-bond acceptors (Lipinski definition) is 6. The normalized spacial score (nSPS) is 13.0. The molecule has 3 rings (SSSR count). The summed E-state index contributed by atoms with van der Waals surface area (Å²) in [6, 6.07) is 10.0. The highest BCUT2D eigenvalue weighted by molar-refractivity contribution is 7.89. The Kier molecular flexibility index (Phi) is 5.76. The van der Waals surface area contributed by atoms with Crippen molar-refractivity contribution in [3.8, 4) is 23.0 Å². The number of benzene rings is 2. The third-order valence-electron chi connectivity index (χ3n) is 4.07. The van der Waals surface area contributed by atoms with E-state index in [4.69, 9.17) is 18.9 Å². The molecule has 7 nitrogen and oxygen atoms in total. The molecule has 2 aromatic rings. The van der Waals surface area contributed by atoms with Gasteiger partial charge in [-0.25, -0.2) is 8.42 Å². The fraction of sp³-hybridized carbons (Fsp3) is 0.368. The Morgan fingerprint density at radius 3 is 2.41 bits per heavy atom. The monoisotopic (exact) mass is 393 g/mol. The fourth-order valence-electron chi connectivity index (χ4n) is 2.75. The van der Waals surface area contributed by atoms with Crippen LogP contribution in [0.4, 0.5) is 0 Å². The Bertz CT molecular complexity index is 912. The van der Waals surface area contributed by atoms with Crippen LogP contribution >= 0.6 is 0 Å². The zero-order valence-electron chi connectivity index (χ0n) is 15.6. The summed E-state index contributed by atoms with van der Waals surface area (Å²) in [4.78, 5) is 0.151. The van der Waals surface area contributed by atoms with E-state index in [1.807, 2.05) is 19.9 Å². The molecule has 0 amide bonds. The van der Waals surface area contributed by atoms with Crippen molar-refractivity contribution in [2.24, 2.45) is 0 Å². The van der Waals surface area contributed by atoms with Gasteiger partial charge >= 0.3 is 0 Å². The molecule has 8 heteroatoms. The lowest BCUT2D eigenvalue weighted by Crippen LogP contribution is -2.26. The molecule has 1 aliphatic heterocycles. The van der Waals surface area contributed by atoms with Gasteiger partial charge in [-0.15, -0.1) is 0 Å². The van der Waals surface area contributed by atoms with Crippen molar-refractivity contribution < 1.29 is 27.4 Å². The first kappa shape index (κ1) is 19.3. The number of hydrogen-bond donors (Lipinski definition) is 0. The van der Waals surface area contributed by atoms with E-state index in [9.17, 15) is 8.42 Å². The first-order valence-corrected chi connectivity index (χ1v) is 10.1. The van der Waals surface area contributed by atoms with Crippen LogP contribution < -0.4 is 18.9 Å². The summed E-state index contributed by atoms with van der Waals surface area (Å²) in [5.74, 6) is 2.23. The second-order valence-corrected chi connectivity index (χ2v) is 7.97. The van der Waals surface area contributed by atoms with Crippen LogP contribution in [0.15, 0.2) is 41.3 Å². The minimum absolute atomic E-state index is 0.151. The van der Waals surface area contributed by atoms with Crippen LogP contribution in [-0.4, -0.2) is 39.8 Å². The maximum atomic E-state index is 13.0. The minimum Gasteiger partial charge on any atom is -0.490 e. The Morgan fingerprint density at radius 1 is 0.963 bits per heavy atom. The van der Waals surface area contributed by atoms with Crippen molar-refractivity contribution in [3.05, 3.63) is 42.0 Å². The van der Waals surface area contributed by atoms with Gasteiger partial charge in [-0.1, -0.05) is 6.07 Å². The molecule has 0 saturated carbocycles. The van der Waals surface area contributed by atoms with Crippen LogP contribution in [0.2, 0.25) is 0 Å². The van der Waals surface area contributed by atoms with Crippen molar-refractivity contribution in [2.45, 2.75) is 25.3 Å². The SMILES string of the molecule is CCOc1ccc(S(=O)(=O)N(C)Cc2ccc3c(c2)OCO3)cc1OCC. The first-order valence-electron chi connectivity index (χ1n) is 8.70. The Labute approximate surface area is 159 Å². The third kappa shape index (κ3) is 4.12. The predicted molar refractivity (Wildman–Crippen MR) is 100.0 cm³/mol. The molecule has 0 bridgehead atoms. The second-order valence-electron chi connectivity index (χ2n) is 5.92. The van der Waals surface area contributed by atoms with Gasteiger partial charge in [-0.05, 0) is 43.7 Å². The summed E-state index contributed by atoms with van der Waals surface area (Å²) in [5.41, 5.74) is 0.807. The number of sulfonamides is 1. The van der Waals surface area contributed by atoms with Gasteiger partial charge in [0.05, 0.1) is 18.1 Å². The van der Waals surface area contributed by atoms with Crippen molar-refractivity contribution in [1.82, 2.24) is 4.31 Å². The van der Waals surface area contributed by atoms with Crippen LogP contribution in [-0.2, 0) is 16.6 Å². The molecule has 1 aliphatic rings. The maximum absolute atomic E-state index is 13.0. The summed E-state index contributed by atoms with van der Waals surface area (Å²) in [7, 11) is -2.16. The van der Waals surface area contributed by atoms with Gasteiger partial charge in [0, 0.05) is 19.7 Å². The smallest absolute Gasteiger partial charge is 0.243 e. The van der Waals surface area contributed by atoms with Crippen LogP contribution in [0.3, 0.4) is 0 Å². The van der Waals surface area contributed by atoms with E-state index in [2.05, 4.69) is 0 Å². The molecule has 1 heterocycles. The first-order chi connectivity index (χ1) is 13.0. The van der Waals surface area contributed by atoms with E-state index in [-0.39, 0.29) is 18.2 Å². The molecule has 0 saturated heterocycles. The average molecular weight is 393 g/mol. The quantitative estimate of drug-likeness (QED) is 0.686. The van der Waals surface area contributed by atoms with Crippen LogP contribution in [0.25, 0.3) is 0 Å². The second kappa shape index (κ2) is 8.06. The van der Waals surface area contributed by atoms with E-state index in [1.54, 1.807) is 18.2 Å². The van der Waals surface area contributed by atoms with E-state index in [0.29, 0.717) is 36.2 Å². The number of rotatable bonds is 8. The average Bonchev–Trinajstić information content (AvgIpc) is 3.11. The van der Waals surface area contributed by atoms with Crippen molar-refractivity contribution in [3.63, 3.8) is 0 Å². The largest absolute Gasteiger partial charge is 0.490 e. The summed E-state index contributed by atoms with van der Waals surface area (Å²) in [6.45, 7) is 4.96. The number of ether oxygens (including phenoxy) is 4. The molecule has 0 spiro atoms. The standard InChI is InChI=1S/C19H23NO6S/c1-4-23-16-9-7-15(11-19(16)24-5-2)27(21,22)20(3)12-14-6-8-17-18(10-14)26-13-25-17/h6-11H,4-5,12-13H2,1-3H3. The van der Waals surface area contributed by atoms with E-state index >= 15 is 0 Å². The maximum Gasteiger partial charge on any atom is 0.243 e. The molecule has 27 heavy (non-hydrogen) atoms. The molecule has 0 aromatic heterocycles. The Balaban J connectivity index is 1.83. The summed E-state index contributed by atoms with van der Waals surface area (Å²) in [5, 5.41) is 0. The highest BCUT2D eigenvalue weighted by atomic mass is 32.2. The van der Waals surface area contributed by atoms with Crippen LogP contribution in [0.1, 0.15) is 19.4 Å². The highest BCUT2D eigenvalue weighted by Gasteiger charge is 2.24. The lowest BCUT2D eigenvalue weighted by Gasteiger charge is -2.19. The topological polar surface area (TPSA) is 74.3 Å². The molecule has 0 unspecified atom stereocenters. The fourth-order valence-corrected chi connectivity index (χ4v) is 3.93. The summed E-state index contributed by atoms with van der Waals surface area (Å²) < 4.78 is 48.9. The van der Waals surface area contributed by atoms with Crippen LogP contribution in [0.5, 0.6) is 23.0 Å². The lowest BCUT2D eigenvalue weighted by atomic mass is 10.2. The van der Waals surface area contributed by atoms with Crippen molar-refractivity contribution >= 4 is 10.0 Å². The van der Waals surface area contributed by atoms with Gasteiger partial charge in [0.2, 0.25) is 16.8 Å². The van der Waals surface area contributed by atoms with Gasteiger partial charge in [0.25, 0.3) is 0 Å². The van der Waals surface area contributed by atoms with Gasteiger partial charge in [0.1, 0.15) is 0 Å². The van der Waals surface area contributed by atoms with Crippen molar-refractivity contribution in [1.29, 1.82) is 0 Å². The summed E-state index contributed by atoms with van der Waals surface area (Å²) in [6.07, 6.45) is 0. The molecule has 0 aliphatic carbocycles. The molecule has 0 N–H and O–H groups in total. The van der Waals surface area contributed by atoms with E-state index in [0.717, 1.165) is 5.56 Å². The molecular formula is C19H23NO6S. The molecule has 0 atom stereocenters. The molecule has 146 valence electrons. The predicted octanol–water partition coefficient (Wildman–Crippen LogP) is 3.03. The number of fused-ring (bicyclic) bond motifs is 1. The molecule has 0 fully saturated rings. The summed E-state index contributed by atoms with van der Waals surface area (Å²) >= 11 is 0. The molecule has 0 radical (unpaired) electrons. The van der Waals surface area contributed by atoms with Gasteiger partial charge in [0.15, 0.2) is 23.0 Å². The van der Waals surface area contributed by atoms with Gasteiger partial charge < -0.3 is 18.9 Å². The van der Waals surface area contributed by atoms with Gasteiger partial charge in [-0.2, -0.15) is 4.31 Å². The number of nitrogens with zero attached hydrogens (tertiary/aromatic N) is 1. The zero-order chi connectivity index (χ0) is 19.4. The minimum atomic E-state index is -3.70. The highest BCUT2D eigenvalue weighted by Crippen LogP contribution is 2.34. The van der Waals surface area contributed by atoms with Gasteiger partial charge in [-0.3, -0.25) is 0 Å². The molecule has 2 aromatic carbocycles. The van der Waals surface area contributed by atoms with Crippen LogP contribution in [0, 0.1) is 0 Å². The van der Waals surface area contributed by atoms with Crippen molar-refractivity contribution in [2.75, 3.05) is 27.1 Å².